The van der Waals surface area contributed by atoms with Crippen molar-refractivity contribution in [3.05, 3.63) is 66.3 Å². The Hall–Kier alpha value is -1.78. The molecule has 2 aromatic heterocycles. The highest BCUT2D eigenvalue weighted by molar-refractivity contribution is 5.85. The molecule has 0 aliphatic heterocycles. The summed E-state index contributed by atoms with van der Waals surface area (Å²) in [5.41, 5.74) is 3.70. The largest absolute Gasteiger partial charge is 0.329 e. The third kappa shape index (κ3) is 3.77. The molecular weight excluding hydrogens is 331 g/mol. The van der Waals surface area contributed by atoms with Crippen LogP contribution in [0.5, 0.6) is 0 Å². The highest BCUT2D eigenvalue weighted by Crippen LogP contribution is 2.40. The Morgan fingerprint density at radius 2 is 2.00 bits per heavy atom. The van der Waals surface area contributed by atoms with Gasteiger partial charge in [-0.15, -0.1) is 24.8 Å². The van der Waals surface area contributed by atoms with Gasteiger partial charge >= 0.3 is 0 Å². The molecule has 0 radical (unpaired) electrons. The van der Waals surface area contributed by atoms with E-state index in [0.717, 1.165) is 24.0 Å². The van der Waals surface area contributed by atoms with Crippen LogP contribution in [0.2, 0.25) is 0 Å². The van der Waals surface area contributed by atoms with E-state index in [-0.39, 0.29) is 24.8 Å². The van der Waals surface area contributed by atoms with E-state index in [0.29, 0.717) is 0 Å². The summed E-state index contributed by atoms with van der Waals surface area (Å²) in [7, 11) is 0. The van der Waals surface area contributed by atoms with Gasteiger partial charge in [-0.3, -0.25) is 0 Å². The van der Waals surface area contributed by atoms with Gasteiger partial charge < -0.3 is 9.13 Å². The van der Waals surface area contributed by atoms with Crippen LogP contribution in [0.4, 0.5) is 0 Å². The molecule has 122 valence electrons. The number of hydrogen-bond acceptors (Lipinski definition) is 2. The van der Waals surface area contributed by atoms with E-state index in [2.05, 4.69) is 49.6 Å². The first kappa shape index (κ1) is 17.6. The summed E-state index contributed by atoms with van der Waals surface area (Å²) in [6.07, 6.45) is 10.5. The third-order valence-electron chi connectivity index (χ3n) is 4.11. The molecule has 0 unspecified atom stereocenters. The predicted molar refractivity (Wildman–Crippen MR) is 96.1 cm³/mol. The van der Waals surface area contributed by atoms with E-state index in [1.54, 1.807) is 0 Å². The monoisotopic (exact) mass is 350 g/mol. The summed E-state index contributed by atoms with van der Waals surface area (Å²) in [5.74, 6) is 1.79. The lowest BCUT2D eigenvalue weighted by Gasteiger charge is -2.05. The van der Waals surface area contributed by atoms with E-state index < -0.39 is 0 Å². The molecule has 4 rings (SSSR count). The van der Waals surface area contributed by atoms with Gasteiger partial charge in [-0.25, -0.2) is 9.97 Å². The van der Waals surface area contributed by atoms with E-state index >= 15 is 0 Å². The highest BCUT2D eigenvalue weighted by Gasteiger charge is 2.23. The molecule has 0 N–H and O–H groups in total. The van der Waals surface area contributed by atoms with Crippen LogP contribution in [0.25, 0.3) is 5.69 Å². The van der Waals surface area contributed by atoms with Crippen LogP contribution in [0.3, 0.4) is 0 Å². The van der Waals surface area contributed by atoms with E-state index in [4.69, 9.17) is 0 Å². The fraction of sp³-hybridized carbons (Fsp3) is 0.294. The fourth-order valence-corrected chi connectivity index (χ4v) is 2.69. The van der Waals surface area contributed by atoms with E-state index in [1.165, 1.54) is 24.1 Å². The summed E-state index contributed by atoms with van der Waals surface area (Å²) < 4.78 is 4.21. The molecule has 3 aromatic rings. The number of imidazole rings is 2. The summed E-state index contributed by atoms with van der Waals surface area (Å²) in [5, 5.41) is 0. The second-order valence-electron chi connectivity index (χ2n) is 5.74. The molecule has 0 atom stereocenters. The molecule has 1 aliphatic carbocycles. The van der Waals surface area contributed by atoms with E-state index in [1.807, 2.05) is 25.6 Å². The van der Waals surface area contributed by atoms with Crippen LogP contribution in [0, 0.1) is 6.92 Å². The molecule has 0 spiro atoms. The molecule has 0 saturated heterocycles. The van der Waals surface area contributed by atoms with Crippen LogP contribution >= 0.6 is 24.8 Å². The number of rotatable bonds is 4. The van der Waals surface area contributed by atoms with Crippen LogP contribution in [-0.4, -0.2) is 19.1 Å². The summed E-state index contributed by atoms with van der Waals surface area (Å²) in [6, 6.07) is 8.79. The molecule has 1 saturated carbocycles. The minimum absolute atomic E-state index is 0. The zero-order valence-corrected chi connectivity index (χ0v) is 14.6. The highest BCUT2D eigenvalue weighted by atomic mass is 35.5. The molecule has 1 fully saturated rings. The molecule has 1 aromatic carbocycles. The van der Waals surface area contributed by atoms with Crippen LogP contribution < -0.4 is 0 Å². The van der Waals surface area contributed by atoms with Gasteiger partial charge in [-0.2, -0.15) is 0 Å². The van der Waals surface area contributed by atoms with Gasteiger partial charge in [-0.1, -0.05) is 12.1 Å². The van der Waals surface area contributed by atoms with Crippen molar-refractivity contribution < 1.29 is 0 Å². The lowest BCUT2D eigenvalue weighted by atomic mass is 10.1. The lowest BCUT2D eigenvalue weighted by molar-refractivity contribution is 0.746. The Morgan fingerprint density at radius 1 is 1.17 bits per heavy atom. The normalized spacial score (nSPS) is 13.3. The molecule has 1 aliphatic rings. The first-order chi connectivity index (χ1) is 10.3. The molecule has 23 heavy (non-hydrogen) atoms. The lowest BCUT2D eigenvalue weighted by Crippen LogP contribution is -2.00. The van der Waals surface area contributed by atoms with Crippen molar-refractivity contribution in [2.45, 2.75) is 32.2 Å². The molecular formula is C17H20Cl2N4. The van der Waals surface area contributed by atoms with Gasteiger partial charge in [0, 0.05) is 24.3 Å². The van der Waals surface area contributed by atoms with Crippen molar-refractivity contribution in [2.75, 3.05) is 0 Å². The van der Waals surface area contributed by atoms with Crippen molar-refractivity contribution in [3.63, 3.8) is 0 Å². The summed E-state index contributed by atoms with van der Waals surface area (Å²) in [6.45, 7) is 2.78. The summed E-state index contributed by atoms with van der Waals surface area (Å²) >= 11 is 0. The maximum atomic E-state index is 4.51. The smallest absolute Gasteiger partial charge is 0.105 e. The number of hydrogen-bond donors (Lipinski definition) is 0. The number of aromatic nitrogens is 4. The Bertz CT molecular complexity index is 774. The van der Waals surface area contributed by atoms with Crippen molar-refractivity contribution in [2.24, 2.45) is 0 Å². The number of nitrogens with zero attached hydrogens (tertiary/aromatic N) is 4. The maximum absolute atomic E-state index is 4.51. The Labute approximate surface area is 148 Å². The SMILES string of the molecule is Cc1nccn1Cc1cn(-c2cccc(C3CC3)c2)cn1.Cl.Cl. The fourth-order valence-electron chi connectivity index (χ4n) is 2.69. The second-order valence-corrected chi connectivity index (χ2v) is 5.74. The van der Waals surface area contributed by atoms with Gasteiger partial charge in [0.2, 0.25) is 0 Å². The molecule has 2 heterocycles. The van der Waals surface area contributed by atoms with Gasteiger partial charge in [0.25, 0.3) is 0 Å². The number of benzene rings is 1. The molecule has 0 bridgehead atoms. The van der Waals surface area contributed by atoms with Crippen LogP contribution in [-0.2, 0) is 6.54 Å². The van der Waals surface area contributed by atoms with Gasteiger partial charge in [0.05, 0.1) is 18.6 Å². The van der Waals surface area contributed by atoms with Crippen molar-refractivity contribution in [3.8, 4) is 5.69 Å². The third-order valence-corrected chi connectivity index (χ3v) is 4.11. The average molecular weight is 351 g/mol. The van der Waals surface area contributed by atoms with Crippen LogP contribution in [0.1, 0.15) is 35.8 Å². The standard InChI is InChI=1S/C17H18N4.2ClH/c1-13-18-7-8-20(13)10-16-11-21(12-19-16)17-4-2-3-15(9-17)14-5-6-14;;/h2-4,7-9,11-12,14H,5-6,10H2,1H3;2*1H. The van der Waals surface area contributed by atoms with Crippen LogP contribution in [0.15, 0.2) is 49.2 Å². The Kier molecular flexibility index (Phi) is 5.50. The van der Waals surface area contributed by atoms with Gasteiger partial charge in [0.1, 0.15) is 5.82 Å². The predicted octanol–water partition coefficient (Wildman–Crippen LogP) is 4.15. The topological polar surface area (TPSA) is 35.6 Å². The zero-order valence-electron chi connectivity index (χ0n) is 12.9. The van der Waals surface area contributed by atoms with Crippen molar-refractivity contribution >= 4 is 24.8 Å². The summed E-state index contributed by atoms with van der Waals surface area (Å²) in [4.78, 5) is 8.76. The Balaban J connectivity index is 0.000000960. The zero-order chi connectivity index (χ0) is 14.2. The van der Waals surface area contributed by atoms with Crippen molar-refractivity contribution in [1.82, 2.24) is 19.1 Å². The maximum Gasteiger partial charge on any atom is 0.105 e. The number of aryl methyl sites for hydroxylation is 1. The molecule has 0 amide bonds. The second kappa shape index (κ2) is 7.20. The minimum atomic E-state index is 0. The average Bonchev–Trinajstić information content (AvgIpc) is 3.13. The first-order valence-electron chi connectivity index (χ1n) is 7.40. The number of halogens is 2. The first-order valence-corrected chi connectivity index (χ1v) is 7.40. The minimum Gasteiger partial charge on any atom is -0.329 e. The quantitative estimate of drug-likeness (QED) is 0.708. The van der Waals surface area contributed by atoms with Gasteiger partial charge in [-0.05, 0) is 43.4 Å². The van der Waals surface area contributed by atoms with Crippen molar-refractivity contribution in [1.29, 1.82) is 0 Å². The van der Waals surface area contributed by atoms with E-state index in [9.17, 15) is 0 Å². The molecule has 6 heteroatoms. The van der Waals surface area contributed by atoms with Gasteiger partial charge in [0.15, 0.2) is 0 Å². The molecule has 4 nitrogen and oxygen atoms in total. The Morgan fingerprint density at radius 3 is 2.70 bits per heavy atom.